The van der Waals surface area contributed by atoms with Crippen LogP contribution in [0, 0.1) is 5.92 Å². The van der Waals surface area contributed by atoms with Crippen molar-refractivity contribution in [1.29, 1.82) is 0 Å². The first kappa shape index (κ1) is 14.2. The van der Waals surface area contributed by atoms with Gasteiger partial charge in [-0.05, 0) is 25.7 Å². The van der Waals surface area contributed by atoms with Crippen LogP contribution in [0.1, 0.15) is 29.6 Å². The van der Waals surface area contributed by atoms with E-state index < -0.39 is 0 Å². The second-order valence-electron chi connectivity index (χ2n) is 4.71. The minimum atomic E-state index is -0.0628. The van der Waals surface area contributed by atoms with Crippen molar-refractivity contribution in [3.63, 3.8) is 0 Å². The van der Waals surface area contributed by atoms with Crippen molar-refractivity contribution < 1.29 is 9.53 Å². The number of hydrogen-bond donors (Lipinski definition) is 1. The summed E-state index contributed by atoms with van der Waals surface area (Å²) in [4.78, 5) is 13.9. The molecule has 19 heavy (non-hydrogen) atoms. The molecule has 0 spiro atoms. The summed E-state index contributed by atoms with van der Waals surface area (Å²) in [5.41, 5.74) is 0. The van der Waals surface area contributed by atoms with Crippen LogP contribution in [-0.2, 0) is 4.74 Å². The highest BCUT2D eigenvalue weighted by Crippen LogP contribution is 2.19. The fourth-order valence-electron chi connectivity index (χ4n) is 2.12. The molecule has 0 aliphatic carbocycles. The number of carbonyl (C=O) groups excluding carboxylic acids is 1. The van der Waals surface area contributed by atoms with Gasteiger partial charge in [0, 0.05) is 26.7 Å². The van der Waals surface area contributed by atoms with Crippen molar-refractivity contribution in [3.8, 4) is 0 Å². The Bertz CT molecular complexity index is 418. The van der Waals surface area contributed by atoms with Gasteiger partial charge in [-0.15, -0.1) is 10.2 Å². The summed E-state index contributed by atoms with van der Waals surface area (Å²) in [6, 6.07) is 0. The molecule has 0 bridgehead atoms. The number of ether oxygens (including phenoxy) is 1. The number of nitrogens with one attached hydrogen (secondary N) is 1. The van der Waals surface area contributed by atoms with Crippen LogP contribution >= 0.6 is 11.3 Å². The second kappa shape index (κ2) is 6.81. The van der Waals surface area contributed by atoms with E-state index in [1.807, 2.05) is 14.0 Å². The summed E-state index contributed by atoms with van der Waals surface area (Å²) in [6.07, 6.45) is 2.20. The second-order valence-corrected chi connectivity index (χ2v) is 5.69. The summed E-state index contributed by atoms with van der Waals surface area (Å²) >= 11 is 1.30. The van der Waals surface area contributed by atoms with Crippen LogP contribution in [0.3, 0.4) is 0 Å². The maximum absolute atomic E-state index is 12.2. The van der Waals surface area contributed by atoms with Crippen molar-refractivity contribution in [3.05, 3.63) is 5.01 Å². The molecule has 2 heterocycles. The van der Waals surface area contributed by atoms with Crippen LogP contribution in [0.15, 0.2) is 0 Å². The molecule has 0 saturated carbocycles. The van der Waals surface area contributed by atoms with E-state index in [0.717, 1.165) is 39.1 Å². The van der Waals surface area contributed by atoms with Gasteiger partial charge in [-0.25, -0.2) is 0 Å². The summed E-state index contributed by atoms with van der Waals surface area (Å²) in [6.45, 7) is 5.07. The Balaban J connectivity index is 1.89. The minimum Gasteiger partial charge on any atom is -0.381 e. The lowest BCUT2D eigenvalue weighted by Crippen LogP contribution is -2.35. The van der Waals surface area contributed by atoms with Gasteiger partial charge in [-0.2, -0.15) is 0 Å². The lowest BCUT2D eigenvalue weighted by molar-refractivity contribution is 0.0388. The molecule has 1 saturated heterocycles. The number of nitrogens with zero attached hydrogens (tertiary/aromatic N) is 3. The molecule has 1 aromatic rings. The fourth-order valence-corrected chi connectivity index (χ4v) is 2.92. The Morgan fingerprint density at radius 1 is 1.58 bits per heavy atom. The summed E-state index contributed by atoms with van der Waals surface area (Å²) < 4.78 is 5.43. The molecule has 6 nitrogen and oxygen atoms in total. The molecule has 2 rings (SSSR count). The topological polar surface area (TPSA) is 67.4 Å². The molecule has 1 fully saturated rings. The standard InChI is InChI=1S/C12H20N4O2S/c1-3-13-12-15-14-10(19-12)11(17)16(2)7-9-5-4-6-18-8-9/h9H,3-8H2,1-2H3,(H,13,15). The number of aromatic nitrogens is 2. The number of carbonyl (C=O) groups is 1. The maximum Gasteiger partial charge on any atom is 0.284 e. The van der Waals surface area contributed by atoms with Crippen LogP contribution < -0.4 is 5.32 Å². The Kier molecular flexibility index (Phi) is 5.09. The van der Waals surface area contributed by atoms with Gasteiger partial charge < -0.3 is 15.0 Å². The molecule has 0 aromatic carbocycles. The molecule has 1 aliphatic rings. The van der Waals surface area contributed by atoms with Crippen LogP contribution in [-0.4, -0.2) is 54.4 Å². The average molecular weight is 284 g/mol. The molecule has 106 valence electrons. The molecular formula is C12H20N4O2S. The van der Waals surface area contributed by atoms with E-state index in [4.69, 9.17) is 4.74 Å². The molecule has 7 heteroatoms. The average Bonchev–Trinajstić information content (AvgIpc) is 2.88. The molecule has 1 unspecified atom stereocenters. The lowest BCUT2D eigenvalue weighted by atomic mass is 10.0. The van der Waals surface area contributed by atoms with Gasteiger partial charge in [0.25, 0.3) is 5.91 Å². The van der Waals surface area contributed by atoms with E-state index >= 15 is 0 Å². The zero-order valence-corrected chi connectivity index (χ0v) is 12.2. The third-order valence-corrected chi connectivity index (χ3v) is 3.94. The highest BCUT2D eigenvalue weighted by molar-refractivity contribution is 7.17. The van der Waals surface area contributed by atoms with E-state index in [-0.39, 0.29) is 5.91 Å². The predicted octanol–water partition coefficient (Wildman–Crippen LogP) is 1.47. The first-order chi connectivity index (χ1) is 9.20. The van der Waals surface area contributed by atoms with Crippen molar-refractivity contribution in [2.75, 3.05) is 38.7 Å². The van der Waals surface area contributed by atoms with Gasteiger partial charge in [0.05, 0.1) is 6.61 Å². The van der Waals surface area contributed by atoms with E-state index in [2.05, 4.69) is 15.5 Å². The Morgan fingerprint density at radius 3 is 3.11 bits per heavy atom. The first-order valence-electron chi connectivity index (χ1n) is 6.61. The third kappa shape index (κ3) is 3.87. The minimum absolute atomic E-state index is 0.0628. The van der Waals surface area contributed by atoms with Gasteiger partial charge in [0.2, 0.25) is 10.1 Å². The number of rotatable bonds is 5. The van der Waals surface area contributed by atoms with E-state index in [0.29, 0.717) is 16.1 Å². The Hall–Kier alpha value is -1.21. The van der Waals surface area contributed by atoms with Crippen molar-refractivity contribution in [2.45, 2.75) is 19.8 Å². The summed E-state index contributed by atoms with van der Waals surface area (Å²) in [5, 5.41) is 12.1. The van der Waals surface area contributed by atoms with E-state index in [1.165, 1.54) is 11.3 Å². The van der Waals surface area contributed by atoms with Crippen molar-refractivity contribution in [1.82, 2.24) is 15.1 Å². The third-order valence-electron chi connectivity index (χ3n) is 3.07. The fraction of sp³-hybridized carbons (Fsp3) is 0.750. The zero-order chi connectivity index (χ0) is 13.7. The van der Waals surface area contributed by atoms with Gasteiger partial charge in [0.15, 0.2) is 0 Å². The molecule has 1 aliphatic heterocycles. The maximum atomic E-state index is 12.2. The molecule has 1 amide bonds. The highest BCUT2D eigenvalue weighted by atomic mass is 32.1. The highest BCUT2D eigenvalue weighted by Gasteiger charge is 2.22. The normalized spacial score (nSPS) is 19.2. The first-order valence-corrected chi connectivity index (χ1v) is 7.43. The number of hydrogen-bond acceptors (Lipinski definition) is 6. The Morgan fingerprint density at radius 2 is 2.42 bits per heavy atom. The molecule has 0 radical (unpaired) electrons. The summed E-state index contributed by atoms with van der Waals surface area (Å²) in [5.74, 6) is 0.371. The van der Waals surface area contributed by atoms with Crippen molar-refractivity contribution in [2.24, 2.45) is 5.92 Å². The van der Waals surface area contributed by atoms with E-state index in [9.17, 15) is 4.79 Å². The molecule has 1 atom stereocenters. The lowest BCUT2D eigenvalue weighted by Gasteiger charge is -2.26. The van der Waals surface area contributed by atoms with Crippen LogP contribution in [0.25, 0.3) is 0 Å². The quantitative estimate of drug-likeness (QED) is 0.887. The molecule has 1 N–H and O–H groups in total. The van der Waals surface area contributed by atoms with E-state index in [1.54, 1.807) is 4.90 Å². The molecule has 1 aromatic heterocycles. The largest absolute Gasteiger partial charge is 0.381 e. The molecular weight excluding hydrogens is 264 g/mol. The zero-order valence-electron chi connectivity index (χ0n) is 11.4. The summed E-state index contributed by atoms with van der Waals surface area (Å²) in [7, 11) is 1.81. The van der Waals surface area contributed by atoms with Crippen LogP contribution in [0.2, 0.25) is 0 Å². The van der Waals surface area contributed by atoms with Gasteiger partial charge >= 0.3 is 0 Å². The van der Waals surface area contributed by atoms with Crippen LogP contribution in [0.4, 0.5) is 5.13 Å². The van der Waals surface area contributed by atoms with Gasteiger partial charge in [-0.3, -0.25) is 4.79 Å². The number of anilines is 1. The smallest absolute Gasteiger partial charge is 0.284 e. The Labute approximate surface area is 117 Å². The SMILES string of the molecule is CCNc1nnc(C(=O)N(C)CC2CCCOC2)s1. The van der Waals surface area contributed by atoms with Gasteiger partial charge in [-0.1, -0.05) is 11.3 Å². The predicted molar refractivity (Wildman–Crippen MR) is 74.6 cm³/mol. The number of amides is 1. The van der Waals surface area contributed by atoms with Gasteiger partial charge in [0.1, 0.15) is 0 Å². The monoisotopic (exact) mass is 284 g/mol. The van der Waals surface area contributed by atoms with Crippen molar-refractivity contribution >= 4 is 22.4 Å². The van der Waals surface area contributed by atoms with Crippen LogP contribution in [0.5, 0.6) is 0 Å².